The van der Waals surface area contributed by atoms with Crippen LogP contribution in [-0.4, -0.2) is 94.0 Å². The van der Waals surface area contributed by atoms with Crippen LogP contribution in [0.5, 0.6) is 5.75 Å². The van der Waals surface area contributed by atoms with Crippen molar-refractivity contribution in [1.82, 2.24) is 10.3 Å². The maximum absolute atomic E-state index is 13.0. The second kappa shape index (κ2) is 16.7. The summed E-state index contributed by atoms with van der Waals surface area (Å²) in [5, 5.41) is 48.4. The monoisotopic (exact) mass is 779 g/mol. The Balaban J connectivity index is 1.09. The van der Waals surface area contributed by atoms with Crippen molar-refractivity contribution in [2.24, 2.45) is 10.9 Å². The van der Waals surface area contributed by atoms with E-state index in [1.54, 1.807) is 36.4 Å². The van der Waals surface area contributed by atoms with Crippen LogP contribution in [0.3, 0.4) is 0 Å². The van der Waals surface area contributed by atoms with Crippen molar-refractivity contribution in [2.75, 3.05) is 30.8 Å². The highest BCUT2D eigenvalue weighted by molar-refractivity contribution is 7.85. The van der Waals surface area contributed by atoms with Crippen LogP contribution < -0.4 is 20.7 Å². The molecule has 1 heterocycles. The Morgan fingerprint density at radius 1 is 1.05 bits per heavy atom. The minimum Gasteiger partial charge on any atom is -0.483 e. The number of nitro benzene ring substituents is 1. The Morgan fingerprint density at radius 3 is 2.58 bits per heavy atom. The molecule has 55 heavy (non-hydrogen) atoms. The van der Waals surface area contributed by atoms with E-state index in [0.29, 0.717) is 44.4 Å². The number of aromatic nitrogens is 1. The summed E-state index contributed by atoms with van der Waals surface area (Å²) in [5.41, 5.74) is 1.63. The summed E-state index contributed by atoms with van der Waals surface area (Å²) < 4.78 is 48.0. The highest BCUT2D eigenvalue weighted by Gasteiger charge is 2.37. The van der Waals surface area contributed by atoms with Crippen LogP contribution in [0, 0.1) is 16.0 Å². The van der Waals surface area contributed by atoms with Crippen molar-refractivity contribution in [1.29, 1.82) is 0 Å². The van der Waals surface area contributed by atoms with Crippen LogP contribution in [0.2, 0.25) is 0 Å². The van der Waals surface area contributed by atoms with Gasteiger partial charge in [0.05, 0.1) is 33.9 Å². The van der Waals surface area contributed by atoms with Gasteiger partial charge in [0.15, 0.2) is 17.1 Å². The molecule has 19 heteroatoms. The summed E-state index contributed by atoms with van der Waals surface area (Å²) in [6.07, 6.45) is -3.62. The van der Waals surface area contributed by atoms with E-state index in [4.69, 9.17) is 23.4 Å². The topological polar surface area (TPSA) is 273 Å². The number of aliphatic hydroxyl groups is 3. The number of hydrogen-bond donors (Lipinski definition) is 6. The maximum Gasteiger partial charge on any atom is 0.407 e. The van der Waals surface area contributed by atoms with Crippen LogP contribution in [-0.2, 0) is 26.3 Å². The van der Waals surface area contributed by atoms with Gasteiger partial charge in [-0.2, -0.15) is 8.42 Å². The smallest absolute Gasteiger partial charge is 0.407 e. The van der Waals surface area contributed by atoms with Crippen LogP contribution in [0.4, 0.5) is 16.2 Å². The van der Waals surface area contributed by atoms with E-state index in [-0.39, 0.29) is 50.3 Å². The summed E-state index contributed by atoms with van der Waals surface area (Å²) in [7, 11) is -4.08. The third-order valence-corrected chi connectivity index (χ3v) is 9.77. The predicted octanol–water partition coefficient (Wildman–Crippen LogP) is 2.91. The van der Waals surface area contributed by atoms with E-state index in [9.17, 15) is 43.4 Å². The molecular weight excluding hydrogens is 742 g/mol. The van der Waals surface area contributed by atoms with Crippen molar-refractivity contribution in [3.05, 3.63) is 87.8 Å². The second-order valence-corrected chi connectivity index (χ2v) is 14.5. The molecule has 6 rings (SSSR count). The molecule has 0 aromatic heterocycles. The fraction of sp³-hybridized carbons (Fsp3) is 0.333. The predicted molar refractivity (Wildman–Crippen MR) is 196 cm³/mol. The summed E-state index contributed by atoms with van der Waals surface area (Å²) in [4.78, 5) is 45.7. The molecular formula is C36H37N5O13S. The lowest BCUT2D eigenvalue weighted by molar-refractivity contribution is -0.386. The van der Waals surface area contributed by atoms with E-state index in [1.165, 1.54) is 18.2 Å². The molecule has 3 unspecified atom stereocenters. The van der Waals surface area contributed by atoms with Crippen LogP contribution in [0.15, 0.2) is 76.1 Å². The fourth-order valence-electron chi connectivity index (χ4n) is 6.30. The van der Waals surface area contributed by atoms with Crippen LogP contribution in [0.1, 0.15) is 24.8 Å². The number of fused-ring (bicyclic) bond motifs is 4. The molecule has 2 amide bonds. The first-order valence-corrected chi connectivity index (χ1v) is 18.7. The highest BCUT2D eigenvalue weighted by atomic mass is 32.2. The first-order valence-electron chi connectivity index (χ1n) is 17.1. The van der Waals surface area contributed by atoms with Gasteiger partial charge in [-0.25, -0.2) is 9.78 Å². The van der Waals surface area contributed by atoms with Crippen molar-refractivity contribution >= 4 is 55.4 Å². The largest absolute Gasteiger partial charge is 0.483 e. The Hall–Kier alpha value is -5.73. The maximum atomic E-state index is 13.0. The van der Waals surface area contributed by atoms with E-state index in [2.05, 4.69) is 15.6 Å². The minimum atomic E-state index is -4.08. The number of rotatable bonds is 13. The van der Waals surface area contributed by atoms with Gasteiger partial charge in [-0.1, -0.05) is 30.3 Å². The van der Waals surface area contributed by atoms with Crippen LogP contribution >= 0.6 is 0 Å². The number of benzene rings is 4. The molecule has 4 atom stereocenters. The molecule has 0 bridgehead atoms. The van der Waals surface area contributed by atoms with Gasteiger partial charge in [0.2, 0.25) is 5.91 Å². The lowest BCUT2D eigenvalue weighted by Gasteiger charge is -2.35. The van der Waals surface area contributed by atoms with Crippen molar-refractivity contribution < 1.29 is 56.7 Å². The first kappa shape index (κ1) is 39.0. The summed E-state index contributed by atoms with van der Waals surface area (Å²) in [5.74, 6) is -1.37. The molecule has 0 spiro atoms. The number of aliphatic hydroxyl groups excluding tert-OH is 3. The zero-order chi connectivity index (χ0) is 39.3. The number of carbonyl (C=O) groups is 2. The molecule has 1 aliphatic heterocycles. The number of ether oxygens (including phenoxy) is 2. The Morgan fingerprint density at radius 2 is 1.84 bits per heavy atom. The van der Waals surface area contributed by atoms with Gasteiger partial charge < -0.3 is 39.8 Å². The number of anilines is 1. The number of nitro groups is 1. The van der Waals surface area contributed by atoms with E-state index < -0.39 is 69.3 Å². The van der Waals surface area contributed by atoms with E-state index in [0.717, 1.165) is 0 Å². The summed E-state index contributed by atoms with van der Waals surface area (Å²) in [6, 6.07) is 17.8. The van der Waals surface area contributed by atoms with Crippen molar-refractivity contribution in [2.45, 2.75) is 44.2 Å². The van der Waals surface area contributed by atoms with Crippen LogP contribution in [0.25, 0.3) is 33.3 Å². The number of carbonyl (C=O) groups excluding carboxylic acids is 2. The molecule has 2 aliphatic carbocycles. The molecule has 0 radical (unpaired) electrons. The minimum absolute atomic E-state index is 0.0132. The van der Waals surface area contributed by atoms with Gasteiger partial charge in [-0.05, 0) is 36.6 Å². The second-order valence-electron chi connectivity index (χ2n) is 13.0. The van der Waals surface area contributed by atoms with Gasteiger partial charge >= 0.3 is 11.8 Å². The average Bonchev–Trinajstić information content (AvgIpc) is 3.15. The van der Waals surface area contributed by atoms with E-state index in [1.807, 2.05) is 12.1 Å². The normalized spacial score (nSPS) is 19.0. The third-order valence-electron chi connectivity index (χ3n) is 8.96. The standard InChI is InChI=1S/C36H37N5O13S/c42-18-21-13-23(15-29(43)35(21)45)53-30-9-6-20(12-28(30)41(47)48)19-52-36(46)38-17-33(44)39-27-16-32-34(25-5-2-1-4-24(25)27)40-26-8-7-22(14-31(26)54-32)37-10-3-11-55(49,50)51/h1-2,4-9,12,14,16,21,23,29,35,42-43,45H,3,10-11,13,15,17-19H2,(H,38,46)(H,39,44)(H,49,50,51)/b37-22-/t21?,23?,29-,35?/m0/s1. The molecule has 18 nitrogen and oxygen atoms in total. The molecule has 3 aliphatic rings. The Labute approximate surface area is 312 Å². The van der Waals surface area contributed by atoms with Crippen molar-refractivity contribution in [3.63, 3.8) is 0 Å². The molecule has 3 aromatic rings. The lowest BCUT2D eigenvalue weighted by Crippen LogP contribution is -2.46. The molecule has 6 N–H and O–H groups in total. The zero-order valence-corrected chi connectivity index (χ0v) is 29.8. The third kappa shape index (κ3) is 9.69. The van der Waals surface area contributed by atoms with Gasteiger partial charge in [0.25, 0.3) is 10.1 Å². The molecule has 290 valence electrons. The Bertz CT molecular complexity index is 2390. The van der Waals surface area contributed by atoms with Gasteiger partial charge in [0, 0.05) is 54.5 Å². The average molecular weight is 780 g/mol. The molecule has 1 fully saturated rings. The molecule has 0 saturated heterocycles. The Kier molecular flexibility index (Phi) is 11.9. The quantitative estimate of drug-likeness (QED) is 0.0251. The van der Waals surface area contributed by atoms with Gasteiger partial charge in [-0.15, -0.1) is 0 Å². The fourth-order valence-corrected chi connectivity index (χ4v) is 6.79. The SMILES string of the molecule is O=C(CNC(=O)OCc1ccc(OC2CC(CO)C(O)[C@@H](O)C2)c([N+](=O)[O-])c1)Nc1cc2oc3c/c(=N\CCCS(=O)(=O)O)ccc-3nc2c2ccccc12. The summed E-state index contributed by atoms with van der Waals surface area (Å²) >= 11 is 0. The van der Waals surface area contributed by atoms with E-state index >= 15 is 0 Å². The van der Waals surface area contributed by atoms with Gasteiger partial charge in [0.1, 0.15) is 30.5 Å². The van der Waals surface area contributed by atoms with Crippen molar-refractivity contribution in [3.8, 4) is 17.2 Å². The first-order chi connectivity index (χ1) is 26.3. The zero-order valence-electron chi connectivity index (χ0n) is 29.0. The highest BCUT2D eigenvalue weighted by Crippen LogP contribution is 2.35. The number of nitrogens with zero attached hydrogens (tertiary/aromatic N) is 3. The summed E-state index contributed by atoms with van der Waals surface area (Å²) in [6.45, 7) is -1.08. The van der Waals surface area contributed by atoms with Gasteiger partial charge in [-0.3, -0.25) is 24.5 Å². The number of alkyl carbamates (subject to hydrolysis) is 1. The number of hydrogen-bond acceptors (Lipinski definition) is 14. The molecule has 1 saturated carbocycles. The molecule has 3 aromatic carbocycles. The lowest BCUT2D eigenvalue weighted by atomic mass is 9.83. The number of amides is 2. The number of nitrogens with one attached hydrogen (secondary N) is 2.